The number of benzene rings is 3. The van der Waals surface area contributed by atoms with Crippen LogP contribution in [0.1, 0.15) is 36.1 Å². The number of methoxy groups -OCH3 is 2. The average molecular weight is 402 g/mol. The van der Waals surface area contributed by atoms with Gasteiger partial charge in [0, 0.05) is 11.1 Å². The van der Waals surface area contributed by atoms with Gasteiger partial charge >= 0.3 is 0 Å². The Hall–Kier alpha value is -3.40. The van der Waals surface area contributed by atoms with Crippen molar-refractivity contribution in [3.05, 3.63) is 89.0 Å². The molecule has 0 saturated carbocycles. The first kappa shape index (κ1) is 19.9. The highest BCUT2D eigenvalue weighted by molar-refractivity contribution is 5.83. The van der Waals surface area contributed by atoms with Crippen LogP contribution in [0.25, 0.3) is 11.8 Å². The largest absolute Gasteiger partial charge is 0.494 e. The first-order chi connectivity index (χ1) is 14.6. The lowest BCUT2D eigenvalue weighted by atomic mass is 9.82. The third-order valence-corrected chi connectivity index (χ3v) is 5.44. The highest BCUT2D eigenvalue weighted by atomic mass is 16.5. The zero-order valence-electron chi connectivity index (χ0n) is 17.8. The third kappa shape index (κ3) is 3.50. The van der Waals surface area contributed by atoms with Crippen LogP contribution in [0.4, 0.5) is 0 Å². The molecule has 4 rings (SSSR count). The smallest absolute Gasteiger partial charge is 0.161 e. The Morgan fingerprint density at radius 3 is 2.17 bits per heavy atom. The molecule has 1 heterocycles. The van der Waals surface area contributed by atoms with E-state index < -0.39 is 5.60 Å². The van der Waals surface area contributed by atoms with Gasteiger partial charge in [0.2, 0.25) is 0 Å². The Balaban J connectivity index is 1.88. The van der Waals surface area contributed by atoms with Gasteiger partial charge in [-0.1, -0.05) is 30.3 Å². The molecule has 4 nitrogen and oxygen atoms in total. The summed E-state index contributed by atoms with van der Waals surface area (Å²) in [5.41, 5.74) is 3.44. The number of ether oxygens (including phenoxy) is 4. The van der Waals surface area contributed by atoms with Crippen molar-refractivity contribution in [3.63, 3.8) is 0 Å². The molecule has 0 N–H and O–H groups in total. The summed E-state index contributed by atoms with van der Waals surface area (Å²) in [6.07, 6.45) is 2.05. The van der Waals surface area contributed by atoms with Crippen LogP contribution in [-0.2, 0) is 10.3 Å². The maximum absolute atomic E-state index is 6.67. The molecule has 1 aliphatic rings. The van der Waals surface area contributed by atoms with Crippen molar-refractivity contribution in [2.75, 3.05) is 20.8 Å². The molecule has 0 aromatic heterocycles. The highest BCUT2D eigenvalue weighted by Crippen LogP contribution is 2.47. The van der Waals surface area contributed by atoms with E-state index in [9.17, 15) is 0 Å². The average Bonchev–Trinajstić information content (AvgIpc) is 2.79. The van der Waals surface area contributed by atoms with Crippen molar-refractivity contribution < 1.29 is 18.9 Å². The Labute approximate surface area is 177 Å². The van der Waals surface area contributed by atoms with Crippen molar-refractivity contribution in [1.82, 2.24) is 0 Å². The maximum atomic E-state index is 6.67. The Kier molecular flexibility index (Phi) is 5.40. The molecule has 0 bridgehead atoms. The van der Waals surface area contributed by atoms with Gasteiger partial charge in [-0.2, -0.15) is 0 Å². The highest BCUT2D eigenvalue weighted by Gasteiger charge is 2.38. The number of hydrogen-bond donors (Lipinski definition) is 0. The lowest BCUT2D eigenvalue weighted by Crippen LogP contribution is -2.30. The molecule has 0 spiro atoms. The molecule has 0 fully saturated rings. The van der Waals surface area contributed by atoms with Crippen LogP contribution in [0.3, 0.4) is 0 Å². The second kappa shape index (κ2) is 8.15. The van der Waals surface area contributed by atoms with Gasteiger partial charge < -0.3 is 18.9 Å². The molecule has 0 radical (unpaired) electrons. The van der Waals surface area contributed by atoms with Gasteiger partial charge in [0.25, 0.3) is 0 Å². The summed E-state index contributed by atoms with van der Waals surface area (Å²) in [7, 11) is 3.30. The molecule has 3 aromatic rings. The van der Waals surface area contributed by atoms with Crippen LogP contribution in [0, 0.1) is 0 Å². The predicted octanol–water partition coefficient (Wildman–Crippen LogP) is 5.89. The minimum Gasteiger partial charge on any atom is -0.494 e. The first-order valence-corrected chi connectivity index (χ1v) is 10.0. The normalized spacial score (nSPS) is 17.4. The first-order valence-electron chi connectivity index (χ1n) is 10.0. The van der Waals surface area contributed by atoms with E-state index >= 15 is 0 Å². The lowest BCUT2D eigenvalue weighted by Gasteiger charge is -2.37. The molecule has 1 atom stereocenters. The molecule has 1 unspecified atom stereocenters. The minimum absolute atomic E-state index is 0.639. The molecule has 0 saturated heterocycles. The van der Waals surface area contributed by atoms with Gasteiger partial charge in [0.15, 0.2) is 17.1 Å². The van der Waals surface area contributed by atoms with E-state index in [2.05, 4.69) is 25.1 Å². The minimum atomic E-state index is -0.682. The van der Waals surface area contributed by atoms with Gasteiger partial charge in [-0.3, -0.25) is 0 Å². The van der Waals surface area contributed by atoms with Crippen molar-refractivity contribution in [2.24, 2.45) is 0 Å². The quantitative estimate of drug-likeness (QED) is 0.515. The summed E-state index contributed by atoms with van der Waals surface area (Å²) in [5, 5.41) is 0. The van der Waals surface area contributed by atoms with Crippen LogP contribution >= 0.6 is 0 Å². The summed E-state index contributed by atoms with van der Waals surface area (Å²) >= 11 is 0. The number of fused-ring (bicyclic) bond motifs is 1. The van der Waals surface area contributed by atoms with Crippen LogP contribution in [0.2, 0.25) is 0 Å². The molecule has 0 aliphatic carbocycles. The monoisotopic (exact) mass is 402 g/mol. The number of rotatable bonds is 6. The molecular formula is C26H26O4. The maximum Gasteiger partial charge on any atom is 0.161 e. The van der Waals surface area contributed by atoms with E-state index in [1.54, 1.807) is 14.2 Å². The second-order valence-corrected chi connectivity index (χ2v) is 7.26. The Morgan fingerprint density at radius 2 is 1.53 bits per heavy atom. The molecular weight excluding hydrogens is 376 g/mol. The van der Waals surface area contributed by atoms with E-state index in [1.807, 2.05) is 61.5 Å². The number of hydrogen-bond acceptors (Lipinski definition) is 4. The van der Waals surface area contributed by atoms with Gasteiger partial charge in [-0.05, 0) is 67.4 Å². The molecule has 1 aliphatic heterocycles. The fourth-order valence-electron chi connectivity index (χ4n) is 3.87. The van der Waals surface area contributed by atoms with E-state index in [1.165, 1.54) is 0 Å². The Morgan fingerprint density at radius 1 is 0.867 bits per heavy atom. The van der Waals surface area contributed by atoms with Crippen LogP contribution in [0.5, 0.6) is 17.2 Å². The van der Waals surface area contributed by atoms with E-state index in [4.69, 9.17) is 18.9 Å². The summed E-state index contributed by atoms with van der Waals surface area (Å²) < 4.78 is 23.4. The third-order valence-electron chi connectivity index (χ3n) is 5.44. The molecule has 3 aromatic carbocycles. The lowest BCUT2D eigenvalue weighted by molar-refractivity contribution is 0.0949. The molecule has 30 heavy (non-hydrogen) atoms. The molecule has 4 heteroatoms. The second-order valence-electron chi connectivity index (χ2n) is 7.26. The van der Waals surface area contributed by atoms with E-state index in [0.29, 0.717) is 18.1 Å². The van der Waals surface area contributed by atoms with Crippen LogP contribution in [0.15, 0.2) is 66.7 Å². The standard InChI is InChI=1S/C26H26O4/c1-5-29-21-13-11-18(12-14-21)23-15-19-16-24(27-3)25(28-4)17-22(19)26(2,30-23)20-9-7-6-8-10-20/h6-17H,5H2,1-4H3. The summed E-state index contributed by atoms with van der Waals surface area (Å²) in [5.74, 6) is 3.01. The van der Waals surface area contributed by atoms with Crippen molar-refractivity contribution >= 4 is 11.8 Å². The van der Waals surface area contributed by atoms with Gasteiger partial charge in [-0.15, -0.1) is 0 Å². The fourth-order valence-corrected chi connectivity index (χ4v) is 3.87. The van der Waals surface area contributed by atoms with Crippen LogP contribution in [-0.4, -0.2) is 20.8 Å². The van der Waals surface area contributed by atoms with Gasteiger partial charge in [0.05, 0.1) is 20.8 Å². The van der Waals surface area contributed by atoms with Crippen LogP contribution < -0.4 is 14.2 Å². The van der Waals surface area contributed by atoms with Gasteiger partial charge in [0.1, 0.15) is 11.5 Å². The van der Waals surface area contributed by atoms with Crippen molar-refractivity contribution in [2.45, 2.75) is 19.4 Å². The fraction of sp³-hybridized carbons (Fsp3) is 0.231. The zero-order chi connectivity index (χ0) is 21.1. The topological polar surface area (TPSA) is 36.9 Å². The molecule has 154 valence electrons. The van der Waals surface area contributed by atoms with Crippen molar-refractivity contribution in [3.8, 4) is 17.2 Å². The zero-order valence-corrected chi connectivity index (χ0v) is 17.8. The Bertz CT molecular complexity index is 1050. The molecule has 0 amide bonds. The SMILES string of the molecule is CCOc1ccc(C2=Cc3cc(OC)c(OC)cc3C(C)(c3ccccc3)O2)cc1. The summed E-state index contributed by atoms with van der Waals surface area (Å²) in [6, 6.07) is 22.2. The van der Waals surface area contributed by atoms with E-state index in [0.717, 1.165) is 33.8 Å². The summed E-state index contributed by atoms with van der Waals surface area (Å²) in [4.78, 5) is 0. The van der Waals surface area contributed by atoms with Crippen molar-refractivity contribution in [1.29, 1.82) is 0 Å². The van der Waals surface area contributed by atoms with E-state index in [-0.39, 0.29) is 0 Å². The predicted molar refractivity (Wildman–Crippen MR) is 119 cm³/mol. The van der Waals surface area contributed by atoms with Gasteiger partial charge in [-0.25, -0.2) is 0 Å². The summed E-state index contributed by atoms with van der Waals surface area (Å²) in [6.45, 7) is 4.71.